The average Bonchev–Trinajstić information content (AvgIpc) is 2.65. The van der Waals surface area contributed by atoms with E-state index >= 15 is 0 Å². The summed E-state index contributed by atoms with van der Waals surface area (Å²) in [7, 11) is 0. The van der Waals surface area contributed by atoms with E-state index in [-0.39, 0.29) is 24.2 Å². The van der Waals surface area contributed by atoms with Crippen LogP contribution in [-0.4, -0.2) is 12.9 Å². The van der Waals surface area contributed by atoms with Gasteiger partial charge in [-0.3, -0.25) is 0 Å². The summed E-state index contributed by atoms with van der Waals surface area (Å²) in [5, 5.41) is 3.23. The van der Waals surface area contributed by atoms with Crippen LogP contribution in [0.2, 0.25) is 0 Å². The predicted octanol–water partition coefficient (Wildman–Crippen LogP) is 4.19. The molecule has 1 fully saturated rings. The van der Waals surface area contributed by atoms with E-state index in [9.17, 15) is 13.2 Å². The fourth-order valence-corrected chi connectivity index (χ4v) is 2.44. The standard InChI is InChI=1S/C11H11BrF3NO.ClH/c12-8-4-7(10-2-1-3-16-10)5-9(6-8)17-11(13,14)15;/h4-6,10,16H,1-3H2;1H/t10-;/m0./s1. The molecule has 0 spiro atoms. The summed E-state index contributed by atoms with van der Waals surface area (Å²) in [5.74, 6) is -0.185. The lowest BCUT2D eigenvalue weighted by Crippen LogP contribution is -2.18. The zero-order valence-corrected chi connectivity index (χ0v) is 11.7. The van der Waals surface area contributed by atoms with E-state index in [2.05, 4.69) is 26.0 Å². The Bertz CT molecular complexity index is 408. The van der Waals surface area contributed by atoms with Gasteiger partial charge in [-0.2, -0.15) is 0 Å². The number of ether oxygens (including phenoxy) is 1. The highest BCUT2D eigenvalue weighted by molar-refractivity contribution is 9.10. The van der Waals surface area contributed by atoms with E-state index in [1.165, 1.54) is 12.1 Å². The molecule has 7 heteroatoms. The molecule has 0 aliphatic carbocycles. The van der Waals surface area contributed by atoms with Gasteiger partial charge in [0.1, 0.15) is 5.75 Å². The molecule has 2 rings (SSSR count). The molecule has 2 nitrogen and oxygen atoms in total. The summed E-state index contributed by atoms with van der Waals surface area (Å²) in [4.78, 5) is 0. The molecule has 102 valence electrons. The van der Waals surface area contributed by atoms with Gasteiger partial charge < -0.3 is 10.1 Å². The van der Waals surface area contributed by atoms with Crippen molar-refractivity contribution in [3.8, 4) is 5.75 Å². The van der Waals surface area contributed by atoms with Gasteiger partial charge in [0.2, 0.25) is 0 Å². The molecule has 18 heavy (non-hydrogen) atoms. The lowest BCUT2D eigenvalue weighted by atomic mass is 10.1. The lowest BCUT2D eigenvalue weighted by molar-refractivity contribution is -0.274. The van der Waals surface area contributed by atoms with Crippen molar-refractivity contribution in [1.82, 2.24) is 5.32 Å². The van der Waals surface area contributed by atoms with E-state index in [1.54, 1.807) is 0 Å². The molecule has 1 N–H and O–H groups in total. The maximum absolute atomic E-state index is 12.1. The normalized spacial score (nSPS) is 19.4. The number of hydrogen-bond acceptors (Lipinski definition) is 2. The second kappa shape index (κ2) is 6.12. The van der Waals surface area contributed by atoms with Crippen LogP contribution in [0.5, 0.6) is 5.75 Å². The maximum atomic E-state index is 12.1. The summed E-state index contributed by atoms with van der Waals surface area (Å²) >= 11 is 3.19. The van der Waals surface area contributed by atoms with Gasteiger partial charge in [0.05, 0.1) is 0 Å². The molecule has 0 radical (unpaired) electrons. The summed E-state index contributed by atoms with van der Waals surface area (Å²) < 4.78 is 40.9. The number of rotatable bonds is 2. The lowest BCUT2D eigenvalue weighted by Gasteiger charge is -2.14. The topological polar surface area (TPSA) is 21.3 Å². The van der Waals surface area contributed by atoms with Gasteiger partial charge in [-0.1, -0.05) is 15.9 Å². The van der Waals surface area contributed by atoms with E-state index in [1.807, 2.05) is 6.07 Å². The number of hydrogen-bond donors (Lipinski definition) is 1. The van der Waals surface area contributed by atoms with Crippen LogP contribution in [0.1, 0.15) is 24.4 Å². The van der Waals surface area contributed by atoms with Crippen LogP contribution >= 0.6 is 28.3 Å². The van der Waals surface area contributed by atoms with Crippen LogP contribution in [0.15, 0.2) is 22.7 Å². The molecular formula is C11H12BrClF3NO. The molecule has 1 saturated heterocycles. The molecule has 1 aliphatic heterocycles. The Morgan fingerprint density at radius 3 is 2.56 bits per heavy atom. The Balaban J connectivity index is 0.00000162. The molecule has 1 heterocycles. The van der Waals surface area contributed by atoms with E-state index in [4.69, 9.17) is 0 Å². The first-order valence-corrected chi connectivity index (χ1v) is 6.03. The Labute approximate surface area is 117 Å². The van der Waals surface area contributed by atoms with Gasteiger partial charge in [-0.15, -0.1) is 25.6 Å². The third-order valence-electron chi connectivity index (χ3n) is 2.59. The molecule has 1 aliphatic rings. The van der Waals surface area contributed by atoms with E-state index in [0.717, 1.165) is 24.9 Å². The Morgan fingerprint density at radius 1 is 1.28 bits per heavy atom. The first-order valence-electron chi connectivity index (χ1n) is 5.24. The highest BCUT2D eigenvalue weighted by Crippen LogP contribution is 2.32. The Hall–Kier alpha value is -0.460. The van der Waals surface area contributed by atoms with Crippen LogP contribution in [0.25, 0.3) is 0 Å². The molecule has 1 aromatic rings. The number of halogens is 5. The van der Waals surface area contributed by atoms with Gasteiger partial charge >= 0.3 is 6.36 Å². The number of benzene rings is 1. The van der Waals surface area contributed by atoms with Crippen molar-refractivity contribution in [2.45, 2.75) is 25.2 Å². The van der Waals surface area contributed by atoms with Crippen molar-refractivity contribution >= 4 is 28.3 Å². The van der Waals surface area contributed by atoms with Crippen molar-refractivity contribution in [2.24, 2.45) is 0 Å². The van der Waals surface area contributed by atoms with Crippen LogP contribution in [0.4, 0.5) is 13.2 Å². The molecule has 0 bridgehead atoms. The smallest absolute Gasteiger partial charge is 0.406 e. The first-order chi connectivity index (χ1) is 7.94. The van der Waals surface area contributed by atoms with Crippen LogP contribution in [-0.2, 0) is 0 Å². The third-order valence-corrected chi connectivity index (χ3v) is 3.05. The third kappa shape index (κ3) is 4.33. The molecule has 1 atom stereocenters. The van der Waals surface area contributed by atoms with E-state index in [0.29, 0.717) is 4.47 Å². The van der Waals surface area contributed by atoms with Gasteiger partial charge in [0.25, 0.3) is 0 Å². The highest BCUT2D eigenvalue weighted by atomic mass is 79.9. The SMILES string of the molecule is Cl.FC(F)(F)Oc1cc(Br)cc([C@@H]2CCCN2)c1. The average molecular weight is 347 g/mol. The molecular weight excluding hydrogens is 334 g/mol. The van der Waals surface area contributed by atoms with Crippen LogP contribution in [0, 0.1) is 0 Å². The van der Waals surface area contributed by atoms with Gasteiger partial charge in [-0.05, 0) is 43.1 Å². The fraction of sp³-hybridized carbons (Fsp3) is 0.455. The predicted molar refractivity (Wildman–Crippen MR) is 68.1 cm³/mol. The van der Waals surface area contributed by atoms with Crippen molar-refractivity contribution in [3.05, 3.63) is 28.2 Å². The van der Waals surface area contributed by atoms with Gasteiger partial charge in [0, 0.05) is 10.5 Å². The second-order valence-electron chi connectivity index (χ2n) is 3.92. The van der Waals surface area contributed by atoms with Crippen molar-refractivity contribution in [3.63, 3.8) is 0 Å². The summed E-state index contributed by atoms with van der Waals surface area (Å²) in [6.45, 7) is 0.895. The minimum Gasteiger partial charge on any atom is -0.406 e. The molecule has 1 aromatic carbocycles. The minimum atomic E-state index is -4.65. The number of alkyl halides is 3. The monoisotopic (exact) mass is 345 g/mol. The summed E-state index contributed by atoms with van der Waals surface area (Å²) in [5.41, 5.74) is 0.816. The van der Waals surface area contributed by atoms with Crippen LogP contribution < -0.4 is 10.1 Å². The molecule has 0 saturated carbocycles. The first kappa shape index (κ1) is 15.6. The van der Waals surface area contributed by atoms with Crippen molar-refractivity contribution in [1.29, 1.82) is 0 Å². The zero-order chi connectivity index (χ0) is 12.5. The van der Waals surface area contributed by atoms with Crippen molar-refractivity contribution < 1.29 is 17.9 Å². The van der Waals surface area contributed by atoms with Crippen LogP contribution in [0.3, 0.4) is 0 Å². The van der Waals surface area contributed by atoms with E-state index < -0.39 is 6.36 Å². The highest BCUT2D eigenvalue weighted by Gasteiger charge is 2.31. The second-order valence-corrected chi connectivity index (χ2v) is 4.83. The Morgan fingerprint density at radius 2 is 2.00 bits per heavy atom. The number of nitrogens with one attached hydrogen (secondary N) is 1. The minimum absolute atomic E-state index is 0. The molecule has 0 unspecified atom stereocenters. The molecule has 0 amide bonds. The maximum Gasteiger partial charge on any atom is 0.573 e. The zero-order valence-electron chi connectivity index (χ0n) is 9.26. The quantitative estimate of drug-likeness (QED) is 0.867. The Kier molecular flexibility index (Phi) is 5.31. The van der Waals surface area contributed by atoms with Crippen molar-refractivity contribution in [2.75, 3.05) is 6.54 Å². The largest absolute Gasteiger partial charge is 0.573 e. The molecule has 0 aromatic heterocycles. The fourth-order valence-electron chi connectivity index (χ4n) is 1.95. The van der Waals surface area contributed by atoms with Gasteiger partial charge in [-0.25, -0.2) is 0 Å². The summed E-state index contributed by atoms with van der Waals surface area (Å²) in [6.07, 6.45) is -2.68. The van der Waals surface area contributed by atoms with Gasteiger partial charge in [0.15, 0.2) is 0 Å². The summed E-state index contributed by atoms with van der Waals surface area (Å²) in [6, 6.07) is 4.67.